The van der Waals surface area contributed by atoms with Gasteiger partial charge in [-0.1, -0.05) is 46.0 Å². The van der Waals surface area contributed by atoms with Crippen LogP contribution in [-0.2, 0) is 16.2 Å². The van der Waals surface area contributed by atoms with Gasteiger partial charge in [0.25, 0.3) is 0 Å². The highest BCUT2D eigenvalue weighted by Crippen LogP contribution is 2.21. The number of amides is 1. The number of nitrogens with zero attached hydrogens (tertiary/aromatic N) is 1. The van der Waals surface area contributed by atoms with Crippen LogP contribution in [0.3, 0.4) is 0 Å². The monoisotopic (exact) mass is 370 g/mol. The summed E-state index contributed by atoms with van der Waals surface area (Å²) in [7, 11) is 0. The zero-order chi connectivity index (χ0) is 16.7. The molecule has 23 heavy (non-hydrogen) atoms. The van der Waals surface area contributed by atoms with Crippen molar-refractivity contribution in [2.75, 3.05) is 5.32 Å². The van der Waals surface area contributed by atoms with Crippen LogP contribution in [-0.4, -0.2) is 12.1 Å². The van der Waals surface area contributed by atoms with Gasteiger partial charge in [0.1, 0.15) is 6.61 Å². The predicted octanol–water partition coefficient (Wildman–Crippen LogP) is 5.18. The molecule has 0 saturated carbocycles. The molecule has 0 aliphatic heterocycles. The lowest BCUT2D eigenvalue weighted by atomic mass is 10.2. The fraction of sp³-hybridized carbons (Fsp3) is 0.125. The van der Waals surface area contributed by atoms with Crippen molar-refractivity contribution in [1.29, 1.82) is 0 Å². The van der Waals surface area contributed by atoms with Crippen LogP contribution in [0.15, 0.2) is 47.6 Å². The Labute approximate surface area is 149 Å². The molecule has 0 spiro atoms. The van der Waals surface area contributed by atoms with Crippen LogP contribution in [0.1, 0.15) is 12.0 Å². The van der Waals surface area contributed by atoms with E-state index in [9.17, 15) is 4.79 Å². The van der Waals surface area contributed by atoms with Crippen molar-refractivity contribution in [2.24, 2.45) is 5.16 Å². The van der Waals surface area contributed by atoms with E-state index >= 15 is 0 Å². The second kappa shape index (κ2) is 8.77. The fourth-order valence-electron chi connectivity index (χ4n) is 1.66. The molecule has 2 aromatic rings. The fourth-order valence-corrected chi connectivity index (χ4v) is 2.25. The third-order valence-electron chi connectivity index (χ3n) is 2.79. The van der Waals surface area contributed by atoms with E-state index in [0.717, 1.165) is 5.56 Å². The standard InChI is InChI=1S/C16H13Cl3N2O2/c17-12-3-5-14(6-4-12)21-16(22)7-8-20-23-10-11-1-2-13(18)9-15(11)19/h1-6,8-9H,7,10H2,(H,21,22)/b20-8+. The van der Waals surface area contributed by atoms with E-state index in [1.54, 1.807) is 42.5 Å². The topological polar surface area (TPSA) is 50.7 Å². The minimum atomic E-state index is -0.204. The van der Waals surface area contributed by atoms with Crippen molar-refractivity contribution in [1.82, 2.24) is 0 Å². The molecule has 0 saturated heterocycles. The first-order chi connectivity index (χ1) is 11.0. The van der Waals surface area contributed by atoms with Crippen LogP contribution >= 0.6 is 34.8 Å². The Kier molecular flexibility index (Phi) is 6.71. The Morgan fingerprint density at radius 1 is 1.09 bits per heavy atom. The minimum Gasteiger partial charge on any atom is -0.391 e. The molecular weight excluding hydrogens is 359 g/mol. The molecular formula is C16H13Cl3N2O2. The molecule has 1 N–H and O–H groups in total. The minimum absolute atomic E-state index is 0.0942. The van der Waals surface area contributed by atoms with Gasteiger partial charge in [0.2, 0.25) is 5.91 Å². The molecule has 0 unspecified atom stereocenters. The molecule has 1 amide bonds. The number of rotatable bonds is 6. The van der Waals surface area contributed by atoms with Crippen molar-refractivity contribution in [3.63, 3.8) is 0 Å². The molecule has 7 heteroatoms. The number of oxime groups is 1. The van der Waals surface area contributed by atoms with E-state index in [-0.39, 0.29) is 18.9 Å². The summed E-state index contributed by atoms with van der Waals surface area (Å²) < 4.78 is 0. The van der Waals surface area contributed by atoms with Crippen molar-refractivity contribution in [2.45, 2.75) is 13.0 Å². The van der Waals surface area contributed by atoms with Crippen LogP contribution < -0.4 is 5.32 Å². The number of hydrogen-bond donors (Lipinski definition) is 1. The lowest BCUT2D eigenvalue weighted by molar-refractivity contribution is -0.115. The largest absolute Gasteiger partial charge is 0.391 e. The van der Waals surface area contributed by atoms with Gasteiger partial charge in [0.05, 0.1) is 12.6 Å². The Morgan fingerprint density at radius 3 is 2.48 bits per heavy atom. The summed E-state index contributed by atoms with van der Waals surface area (Å²) in [5.74, 6) is -0.204. The molecule has 0 aromatic heterocycles. The Balaban J connectivity index is 1.73. The number of hydrogen-bond acceptors (Lipinski definition) is 3. The smallest absolute Gasteiger partial charge is 0.229 e. The number of halogens is 3. The number of carbonyl (C=O) groups excluding carboxylic acids is 1. The molecule has 120 valence electrons. The molecule has 0 bridgehead atoms. The molecule has 0 atom stereocenters. The third-order valence-corrected chi connectivity index (χ3v) is 3.63. The van der Waals surface area contributed by atoms with E-state index < -0.39 is 0 Å². The highest BCUT2D eigenvalue weighted by molar-refractivity contribution is 6.35. The van der Waals surface area contributed by atoms with Gasteiger partial charge in [0.15, 0.2) is 0 Å². The van der Waals surface area contributed by atoms with Crippen molar-refractivity contribution < 1.29 is 9.63 Å². The van der Waals surface area contributed by atoms with Gasteiger partial charge >= 0.3 is 0 Å². The van der Waals surface area contributed by atoms with Crippen LogP contribution in [0.5, 0.6) is 0 Å². The summed E-state index contributed by atoms with van der Waals surface area (Å²) in [6.45, 7) is 0.200. The lowest BCUT2D eigenvalue weighted by Crippen LogP contribution is -2.11. The lowest BCUT2D eigenvalue weighted by Gasteiger charge is -2.04. The normalized spacial score (nSPS) is 10.7. The second-order valence-electron chi connectivity index (χ2n) is 4.56. The zero-order valence-corrected chi connectivity index (χ0v) is 14.2. The second-order valence-corrected chi connectivity index (χ2v) is 5.84. The van der Waals surface area contributed by atoms with E-state index in [2.05, 4.69) is 10.5 Å². The molecule has 2 rings (SSSR count). The summed E-state index contributed by atoms with van der Waals surface area (Å²) >= 11 is 17.6. The summed E-state index contributed by atoms with van der Waals surface area (Å²) in [6.07, 6.45) is 1.48. The first-order valence-corrected chi connectivity index (χ1v) is 7.81. The molecule has 0 heterocycles. The Morgan fingerprint density at radius 2 is 1.78 bits per heavy atom. The molecule has 0 fully saturated rings. The van der Waals surface area contributed by atoms with Gasteiger partial charge in [0, 0.05) is 26.3 Å². The van der Waals surface area contributed by atoms with E-state index in [1.165, 1.54) is 6.21 Å². The van der Waals surface area contributed by atoms with Gasteiger partial charge in [-0.3, -0.25) is 4.79 Å². The number of carbonyl (C=O) groups is 1. The highest BCUT2D eigenvalue weighted by atomic mass is 35.5. The maximum atomic E-state index is 11.7. The number of benzene rings is 2. The average Bonchev–Trinajstić information content (AvgIpc) is 2.51. The molecule has 4 nitrogen and oxygen atoms in total. The van der Waals surface area contributed by atoms with Gasteiger partial charge in [-0.05, 0) is 36.4 Å². The maximum absolute atomic E-state index is 11.7. The Hall–Kier alpha value is -1.75. The average molecular weight is 372 g/mol. The van der Waals surface area contributed by atoms with Crippen LogP contribution in [0.2, 0.25) is 15.1 Å². The van der Waals surface area contributed by atoms with Crippen LogP contribution in [0, 0.1) is 0 Å². The van der Waals surface area contributed by atoms with Crippen LogP contribution in [0.25, 0.3) is 0 Å². The van der Waals surface area contributed by atoms with E-state index in [1.807, 2.05) is 0 Å². The van der Waals surface area contributed by atoms with Gasteiger partial charge < -0.3 is 10.2 Å². The van der Waals surface area contributed by atoms with Crippen molar-refractivity contribution in [3.05, 3.63) is 63.1 Å². The first kappa shape index (κ1) is 17.6. The van der Waals surface area contributed by atoms with Crippen molar-refractivity contribution >= 4 is 52.6 Å². The first-order valence-electron chi connectivity index (χ1n) is 6.68. The molecule has 0 aliphatic carbocycles. The summed E-state index contributed by atoms with van der Waals surface area (Å²) in [4.78, 5) is 16.8. The summed E-state index contributed by atoms with van der Waals surface area (Å²) in [6, 6.07) is 11.9. The third kappa shape index (κ3) is 6.10. The zero-order valence-electron chi connectivity index (χ0n) is 11.9. The van der Waals surface area contributed by atoms with Crippen molar-refractivity contribution in [3.8, 4) is 0 Å². The van der Waals surface area contributed by atoms with E-state index in [4.69, 9.17) is 39.6 Å². The maximum Gasteiger partial charge on any atom is 0.229 e. The van der Waals surface area contributed by atoms with Gasteiger partial charge in [-0.2, -0.15) is 0 Å². The summed E-state index contributed by atoms with van der Waals surface area (Å²) in [5, 5.41) is 8.11. The van der Waals surface area contributed by atoms with E-state index in [0.29, 0.717) is 20.8 Å². The number of anilines is 1. The molecule has 2 aromatic carbocycles. The van der Waals surface area contributed by atoms with Gasteiger partial charge in [-0.15, -0.1) is 0 Å². The number of nitrogens with one attached hydrogen (secondary N) is 1. The Bertz CT molecular complexity index is 703. The highest BCUT2D eigenvalue weighted by Gasteiger charge is 2.02. The predicted molar refractivity (Wildman–Crippen MR) is 94.4 cm³/mol. The molecule has 0 aliphatic rings. The van der Waals surface area contributed by atoms with Crippen LogP contribution in [0.4, 0.5) is 5.69 Å². The summed E-state index contributed by atoms with van der Waals surface area (Å²) in [5.41, 5.74) is 1.43. The molecule has 0 radical (unpaired) electrons. The quantitative estimate of drug-likeness (QED) is 0.562. The van der Waals surface area contributed by atoms with Gasteiger partial charge in [-0.25, -0.2) is 0 Å². The SMILES string of the molecule is O=C(C/C=N/OCc1ccc(Cl)cc1Cl)Nc1ccc(Cl)cc1.